The molecule has 27 heavy (non-hydrogen) atoms. The smallest absolute Gasteiger partial charge is 0.261 e. The summed E-state index contributed by atoms with van der Waals surface area (Å²) >= 11 is 0. The van der Waals surface area contributed by atoms with Crippen LogP contribution in [0.25, 0.3) is 0 Å². The summed E-state index contributed by atoms with van der Waals surface area (Å²) < 4.78 is 0. The van der Waals surface area contributed by atoms with Crippen LogP contribution in [0.4, 0.5) is 0 Å². The summed E-state index contributed by atoms with van der Waals surface area (Å²) in [5.41, 5.74) is 3.03. The van der Waals surface area contributed by atoms with Gasteiger partial charge in [-0.25, -0.2) is 0 Å². The van der Waals surface area contributed by atoms with Crippen LogP contribution < -0.4 is 10.9 Å². The van der Waals surface area contributed by atoms with Gasteiger partial charge in [-0.2, -0.15) is 0 Å². The van der Waals surface area contributed by atoms with E-state index in [2.05, 4.69) is 41.5 Å². The summed E-state index contributed by atoms with van der Waals surface area (Å²) in [4.78, 5) is 27.7. The number of hydrogen-bond acceptors (Lipinski definition) is 2. The average molecular weight is 360 g/mol. The van der Waals surface area contributed by atoms with Gasteiger partial charge in [0.2, 0.25) is 0 Å². The number of pyridine rings is 1. The molecule has 0 saturated carbocycles. The highest BCUT2D eigenvalue weighted by Gasteiger charge is 2.30. The molecule has 3 rings (SSSR count). The summed E-state index contributed by atoms with van der Waals surface area (Å²) in [6.07, 6.45) is 0. The van der Waals surface area contributed by atoms with Crippen molar-refractivity contribution in [1.29, 1.82) is 0 Å². The van der Waals surface area contributed by atoms with Crippen LogP contribution in [0.15, 0.2) is 71.5 Å². The molecule has 0 unspecified atom stereocenters. The van der Waals surface area contributed by atoms with Gasteiger partial charge in [-0.05, 0) is 43.5 Å². The molecule has 2 N–H and O–H groups in total. The summed E-state index contributed by atoms with van der Waals surface area (Å²) in [6.45, 7) is 6.07. The molecule has 2 aromatic carbocycles. The van der Waals surface area contributed by atoms with Gasteiger partial charge in [-0.15, -0.1) is 0 Å². The molecule has 4 heteroatoms. The predicted molar refractivity (Wildman–Crippen MR) is 108 cm³/mol. The Kier molecular flexibility index (Phi) is 5.26. The lowest BCUT2D eigenvalue weighted by atomic mass is 9.76. The molecule has 0 aliphatic carbocycles. The topological polar surface area (TPSA) is 62.0 Å². The van der Waals surface area contributed by atoms with Crippen LogP contribution >= 0.6 is 0 Å². The highest BCUT2D eigenvalue weighted by Crippen LogP contribution is 2.31. The highest BCUT2D eigenvalue weighted by atomic mass is 16.2. The zero-order valence-electron chi connectivity index (χ0n) is 15.9. The molecule has 3 aromatic rings. The normalized spacial score (nSPS) is 11.2. The maximum absolute atomic E-state index is 12.8. The minimum Gasteiger partial charge on any atom is -0.351 e. The van der Waals surface area contributed by atoms with Crippen molar-refractivity contribution in [2.45, 2.75) is 26.2 Å². The number of carbonyl (C=O) groups excluding carboxylic acids is 1. The number of aryl methyl sites for hydroxylation is 2. The average Bonchev–Trinajstić information content (AvgIpc) is 2.66. The Morgan fingerprint density at radius 2 is 1.48 bits per heavy atom. The first-order valence-electron chi connectivity index (χ1n) is 9.01. The van der Waals surface area contributed by atoms with Crippen molar-refractivity contribution >= 4 is 5.91 Å². The van der Waals surface area contributed by atoms with Crippen molar-refractivity contribution in [2.75, 3.05) is 6.54 Å². The quantitative estimate of drug-likeness (QED) is 0.728. The van der Waals surface area contributed by atoms with Crippen LogP contribution in [0.2, 0.25) is 0 Å². The molecule has 1 aromatic heterocycles. The molecule has 1 heterocycles. The van der Waals surface area contributed by atoms with Crippen molar-refractivity contribution in [3.8, 4) is 0 Å². The summed E-state index contributed by atoms with van der Waals surface area (Å²) in [7, 11) is 0. The first-order chi connectivity index (χ1) is 12.9. The summed E-state index contributed by atoms with van der Waals surface area (Å²) in [5.74, 6) is -0.355. The molecular weight excluding hydrogens is 336 g/mol. The number of carbonyl (C=O) groups is 1. The monoisotopic (exact) mass is 360 g/mol. The van der Waals surface area contributed by atoms with Gasteiger partial charge in [-0.1, -0.05) is 60.7 Å². The largest absolute Gasteiger partial charge is 0.351 e. The van der Waals surface area contributed by atoms with E-state index in [9.17, 15) is 9.59 Å². The second kappa shape index (κ2) is 7.62. The van der Waals surface area contributed by atoms with E-state index < -0.39 is 5.41 Å². The molecule has 4 nitrogen and oxygen atoms in total. The molecule has 0 fully saturated rings. The van der Waals surface area contributed by atoms with Crippen molar-refractivity contribution in [3.63, 3.8) is 0 Å². The Hall–Kier alpha value is -3.14. The number of aromatic nitrogens is 1. The fraction of sp³-hybridized carbons (Fsp3) is 0.217. The van der Waals surface area contributed by atoms with Crippen molar-refractivity contribution in [1.82, 2.24) is 10.3 Å². The first kappa shape index (κ1) is 18.6. The molecule has 0 aliphatic rings. The molecule has 0 saturated heterocycles. The first-order valence-corrected chi connectivity index (χ1v) is 9.01. The van der Waals surface area contributed by atoms with E-state index in [1.165, 1.54) is 0 Å². The molecule has 0 bridgehead atoms. The van der Waals surface area contributed by atoms with E-state index >= 15 is 0 Å². The maximum Gasteiger partial charge on any atom is 0.261 e. The molecule has 0 aliphatic heterocycles. The zero-order valence-corrected chi connectivity index (χ0v) is 15.9. The van der Waals surface area contributed by atoms with Gasteiger partial charge in [0, 0.05) is 17.7 Å². The second-order valence-electron chi connectivity index (χ2n) is 7.09. The van der Waals surface area contributed by atoms with E-state index in [-0.39, 0.29) is 17.0 Å². The third kappa shape index (κ3) is 3.85. The van der Waals surface area contributed by atoms with Gasteiger partial charge < -0.3 is 10.3 Å². The van der Waals surface area contributed by atoms with Crippen LogP contribution in [0.3, 0.4) is 0 Å². The van der Waals surface area contributed by atoms with Gasteiger partial charge in [0.05, 0.1) is 0 Å². The molecular formula is C23H24N2O2. The number of nitrogens with one attached hydrogen (secondary N) is 2. The Morgan fingerprint density at radius 3 is 1.96 bits per heavy atom. The van der Waals surface area contributed by atoms with Gasteiger partial charge in [0.25, 0.3) is 11.5 Å². The van der Waals surface area contributed by atoms with Crippen molar-refractivity contribution in [3.05, 3.63) is 105 Å². The lowest BCUT2D eigenvalue weighted by Gasteiger charge is -2.31. The summed E-state index contributed by atoms with van der Waals surface area (Å²) in [5, 5.41) is 2.98. The minimum atomic E-state index is -0.413. The third-order valence-electron chi connectivity index (χ3n) is 5.02. The Morgan fingerprint density at radius 1 is 0.963 bits per heavy atom. The predicted octanol–water partition coefficient (Wildman–Crippen LogP) is 3.73. The van der Waals surface area contributed by atoms with Gasteiger partial charge >= 0.3 is 0 Å². The molecule has 0 atom stereocenters. The van der Waals surface area contributed by atoms with E-state index in [0.717, 1.165) is 16.8 Å². The van der Waals surface area contributed by atoms with Gasteiger partial charge in [0.1, 0.15) is 5.56 Å². The van der Waals surface area contributed by atoms with Crippen LogP contribution in [0.5, 0.6) is 0 Å². The highest BCUT2D eigenvalue weighted by molar-refractivity contribution is 5.95. The van der Waals surface area contributed by atoms with Crippen LogP contribution in [0.1, 0.15) is 39.7 Å². The number of amides is 1. The molecule has 0 spiro atoms. The van der Waals surface area contributed by atoms with Gasteiger partial charge in [-0.3, -0.25) is 9.59 Å². The number of H-pyrrole nitrogens is 1. The third-order valence-corrected chi connectivity index (χ3v) is 5.02. The van der Waals surface area contributed by atoms with Gasteiger partial charge in [0.15, 0.2) is 0 Å². The molecule has 0 radical (unpaired) electrons. The van der Waals surface area contributed by atoms with Crippen LogP contribution in [0, 0.1) is 13.8 Å². The second-order valence-corrected chi connectivity index (χ2v) is 7.09. The summed E-state index contributed by atoms with van der Waals surface area (Å²) in [6, 6.07) is 22.0. The molecule has 138 valence electrons. The number of aromatic amines is 1. The Labute approximate surface area is 159 Å². The Balaban J connectivity index is 1.93. The van der Waals surface area contributed by atoms with E-state index in [1.807, 2.05) is 42.5 Å². The Bertz CT molecular complexity index is 952. The maximum atomic E-state index is 12.8. The lowest BCUT2D eigenvalue weighted by molar-refractivity contribution is 0.0945. The van der Waals surface area contributed by atoms with E-state index in [0.29, 0.717) is 12.1 Å². The minimum absolute atomic E-state index is 0.170. The molecule has 1 amide bonds. The fourth-order valence-electron chi connectivity index (χ4n) is 3.46. The SMILES string of the molecule is Cc1cc(C)c(C(=O)NCC(C)(c2ccccc2)c2ccccc2)c(=O)[nH]1. The van der Waals surface area contributed by atoms with Crippen LogP contribution in [-0.2, 0) is 5.41 Å². The number of hydrogen-bond donors (Lipinski definition) is 2. The zero-order chi connectivity index (χ0) is 19.4. The number of benzene rings is 2. The van der Waals surface area contributed by atoms with E-state index in [1.54, 1.807) is 13.8 Å². The standard InChI is InChI=1S/C23H24N2O2/c1-16-14-17(2)25-22(27)20(16)21(26)24-15-23(3,18-10-6-4-7-11-18)19-12-8-5-9-13-19/h4-14H,15H2,1-3H3,(H,24,26)(H,25,27). The fourth-order valence-corrected chi connectivity index (χ4v) is 3.46. The van der Waals surface area contributed by atoms with E-state index in [4.69, 9.17) is 0 Å². The van der Waals surface area contributed by atoms with Crippen LogP contribution in [-0.4, -0.2) is 17.4 Å². The lowest BCUT2D eigenvalue weighted by Crippen LogP contribution is -2.41. The van der Waals surface area contributed by atoms with Crippen molar-refractivity contribution in [2.24, 2.45) is 0 Å². The number of rotatable bonds is 5. The van der Waals surface area contributed by atoms with Crippen molar-refractivity contribution < 1.29 is 4.79 Å².